The number of anilines is 1. The van der Waals surface area contributed by atoms with Crippen molar-refractivity contribution in [1.82, 2.24) is 0 Å². The number of sulfonamides is 1. The summed E-state index contributed by atoms with van der Waals surface area (Å²) in [5.41, 5.74) is 0.889. The van der Waals surface area contributed by atoms with Crippen LogP contribution >= 0.6 is 0 Å². The molecule has 0 aliphatic carbocycles. The van der Waals surface area contributed by atoms with Crippen LogP contribution in [-0.2, 0) is 14.8 Å². The van der Waals surface area contributed by atoms with Gasteiger partial charge in [-0.25, -0.2) is 8.42 Å². The minimum atomic E-state index is -3.42. The van der Waals surface area contributed by atoms with Crippen LogP contribution in [-0.4, -0.2) is 33.0 Å². The Labute approximate surface area is 95.1 Å². The highest BCUT2D eigenvalue weighted by Gasteiger charge is 2.12. The topological polar surface area (TPSA) is 75.6 Å². The molecule has 0 bridgehead atoms. The number of nitrogens with one attached hydrogen (secondary N) is 1. The van der Waals surface area contributed by atoms with Gasteiger partial charge in [-0.3, -0.25) is 4.72 Å². The zero-order chi connectivity index (χ0) is 12.2. The molecule has 0 heterocycles. The molecule has 0 unspecified atom stereocenters. The molecule has 1 aromatic rings. The Bertz CT molecular complexity index is 456. The van der Waals surface area contributed by atoms with Crippen LogP contribution in [0.4, 0.5) is 5.69 Å². The van der Waals surface area contributed by atoms with Crippen LogP contribution in [0, 0.1) is 6.92 Å². The molecule has 6 heteroatoms. The second-order valence-corrected chi connectivity index (χ2v) is 5.21. The monoisotopic (exact) mass is 245 g/mol. The highest BCUT2D eigenvalue weighted by Crippen LogP contribution is 2.24. The predicted octanol–water partition coefficient (Wildman–Crippen LogP) is 1.09. The van der Waals surface area contributed by atoms with Crippen molar-refractivity contribution in [2.24, 2.45) is 0 Å². The van der Waals surface area contributed by atoms with Gasteiger partial charge in [-0.05, 0) is 19.1 Å². The molecular formula is C10H15NO4S. The van der Waals surface area contributed by atoms with E-state index in [9.17, 15) is 13.5 Å². The van der Waals surface area contributed by atoms with E-state index in [0.29, 0.717) is 11.3 Å². The van der Waals surface area contributed by atoms with Gasteiger partial charge in [0.2, 0.25) is 10.0 Å². The molecule has 0 amide bonds. The van der Waals surface area contributed by atoms with Gasteiger partial charge in [-0.1, -0.05) is 6.07 Å². The number of phenols is 1. The summed E-state index contributed by atoms with van der Waals surface area (Å²) in [5.74, 6) is -0.0505. The number of hydrogen-bond acceptors (Lipinski definition) is 4. The summed E-state index contributed by atoms with van der Waals surface area (Å²) in [5, 5.41) is 9.41. The maximum atomic E-state index is 11.5. The quantitative estimate of drug-likeness (QED) is 0.814. The van der Waals surface area contributed by atoms with E-state index in [4.69, 9.17) is 4.74 Å². The van der Waals surface area contributed by atoms with Crippen molar-refractivity contribution in [2.45, 2.75) is 6.92 Å². The highest BCUT2D eigenvalue weighted by molar-refractivity contribution is 7.92. The van der Waals surface area contributed by atoms with E-state index in [-0.39, 0.29) is 18.1 Å². The normalized spacial score (nSPS) is 11.4. The Kier molecular flexibility index (Phi) is 4.14. The van der Waals surface area contributed by atoms with Crippen molar-refractivity contribution < 1.29 is 18.3 Å². The van der Waals surface area contributed by atoms with Gasteiger partial charge in [0.15, 0.2) is 0 Å². The Morgan fingerprint density at radius 3 is 2.75 bits per heavy atom. The zero-order valence-corrected chi connectivity index (χ0v) is 10.0. The maximum absolute atomic E-state index is 11.5. The Morgan fingerprint density at radius 2 is 2.12 bits per heavy atom. The molecule has 16 heavy (non-hydrogen) atoms. The van der Waals surface area contributed by atoms with Crippen LogP contribution < -0.4 is 4.72 Å². The van der Waals surface area contributed by atoms with E-state index in [2.05, 4.69) is 4.72 Å². The summed E-state index contributed by atoms with van der Waals surface area (Å²) in [6, 6.07) is 4.68. The number of benzene rings is 1. The van der Waals surface area contributed by atoms with Crippen molar-refractivity contribution in [1.29, 1.82) is 0 Å². The van der Waals surface area contributed by atoms with Gasteiger partial charge in [-0.2, -0.15) is 0 Å². The number of rotatable bonds is 5. The summed E-state index contributed by atoms with van der Waals surface area (Å²) in [7, 11) is -1.98. The highest BCUT2D eigenvalue weighted by atomic mass is 32.2. The van der Waals surface area contributed by atoms with Crippen LogP contribution in [0.5, 0.6) is 5.75 Å². The zero-order valence-electron chi connectivity index (χ0n) is 9.23. The molecule has 1 aromatic carbocycles. The van der Waals surface area contributed by atoms with E-state index >= 15 is 0 Å². The van der Waals surface area contributed by atoms with Crippen molar-refractivity contribution in [2.75, 3.05) is 24.2 Å². The molecule has 0 atom stereocenters. The first-order valence-corrected chi connectivity index (χ1v) is 6.39. The number of ether oxygens (including phenoxy) is 1. The van der Waals surface area contributed by atoms with Crippen LogP contribution in [0.2, 0.25) is 0 Å². The molecule has 2 N–H and O–H groups in total. The van der Waals surface area contributed by atoms with Crippen molar-refractivity contribution in [3.8, 4) is 5.75 Å². The van der Waals surface area contributed by atoms with Crippen molar-refractivity contribution >= 4 is 15.7 Å². The van der Waals surface area contributed by atoms with Gasteiger partial charge in [0.05, 0.1) is 18.0 Å². The Balaban J connectivity index is 2.84. The third-order valence-electron chi connectivity index (χ3n) is 2.13. The Hall–Kier alpha value is -1.27. The van der Waals surface area contributed by atoms with Gasteiger partial charge < -0.3 is 9.84 Å². The molecule has 0 saturated carbocycles. The summed E-state index contributed by atoms with van der Waals surface area (Å²) >= 11 is 0. The van der Waals surface area contributed by atoms with E-state index < -0.39 is 10.0 Å². The van der Waals surface area contributed by atoms with E-state index in [0.717, 1.165) is 0 Å². The maximum Gasteiger partial charge on any atom is 0.235 e. The fourth-order valence-corrected chi connectivity index (χ4v) is 2.19. The summed E-state index contributed by atoms with van der Waals surface area (Å²) in [6.45, 7) is 1.77. The van der Waals surface area contributed by atoms with E-state index in [1.165, 1.54) is 13.2 Å². The molecule has 90 valence electrons. The Morgan fingerprint density at radius 1 is 1.44 bits per heavy atom. The lowest BCUT2D eigenvalue weighted by atomic mass is 10.2. The molecule has 0 aromatic heterocycles. The predicted molar refractivity (Wildman–Crippen MR) is 62.1 cm³/mol. The van der Waals surface area contributed by atoms with Crippen LogP contribution in [0.15, 0.2) is 18.2 Å². The fraction of sp³-hybridized carbons (Fsp3) is 0.400. The van der Waals surface area contributed by atoms with Gasteiger partial charge >= 0.3 is 0 Å². The molecule has 1 rings (SSSR count). The third kappa shape index (κ3) is 3.39. The smallest absolute Gasteiger partial charge is 0.235 e. The molecule has 0 spiro atoms. The molecule has 0 aliphatic rings. The van der Waals surface area contributed by atoms with Crippen molar-refractivity contribution in [3.63, 3.8) is 0 Å². The van der Waals surface area contributed by atoms with E-state index in [1.54, 1.807) is 19.1 Å². The number of aromatic hydroxyl groups is 1. The number of hydrogen-bond donors (Lipinski definition) is 2. The average molecular weight is 245 g/mol. The summed E-state index contributed by atoms with van der Waals surface area (Å²) < 4.78 is 30.2. The van der Waals surface area contributed by atoms with Crippen LogP contribution in [0.3, 0.4) is 0 Å². The largest absolute Gasteiger partial charge is 0.508 e. The number of methoxy groups -OCH3 is 1. The number of phenolic OH excluding ortho intramolecular Hbond substituents is 1. The lowest BCUT2D eigenvalue weighted by Crippen LogP contribution is -2.20. The lowest BCUT2D eigenvalue weighted by molar-refractivity contribution is 0.217. The van der Waals surface area contributed by atoms with Gasteiger partial charge in [0.1, 0.15) is 5.75 Å². The van der Waals surface area contributed by atoms with Crippen molar-refractivity contribution in [3.05, 3.63) is 23.8 Å². The molecule has 0 fully saturated rings. The minimum Gasteiger partial charge on any atom is -0.508 e. The summed E-state index contributed by atoms with van der Waals surface area (Å²) in [6.07, 6.45) is 0. The second-order valence-electron chi connectivity index (χ2n) is 3.36. The van der Waals surface area contributed by atoms with Gasteiger partial charge in [0, 0.05) is 12.7 Å². The SMILES string of the molecule is COCCS(=O)(=O)Nc1cccc(O)c1C. The second kappa shape index (κ2) is 5.18. The van der Waals surface area contributed by atoms with Crippen LogP contribution in [0.1, 0.15) is 5.56 Å². The molecular weight excluding hydrogens is 230 g/mol. The van der Waals surface area contributed by atoms with Gasteiger partial charge in [0.25, 0.3) is 0 Å². The first kappa shape index (κ1) is 12.8. The fourth-order valence-electron chi connectivity index (χ4n) is 1.15. The first-order valence-electron chi connectivity index (χ1n) is 4.74. The molecule has 0 radical (unpaired) electrons. The standard InChI is InChI=1S/C10H15NO4S/c1-8-9(4-3-5-10(8)12)11-16(13,14)7-6-15-2/h3-5,11-12H,6-7H2,1-2H3. The first-order chi connectivity index (χ1) is 7.46. The van der Waals surface area contributed by atoms with E-state index in [1.807, 2.05) is 0 Å². The van der Waals surface area contributed by atoms with Crippen LogP contribution in [0.25, 0.3) is 0 Å². The lowest BCUT2D eigenvalue weighted by Gasteiger charge is -2.10. The average Bonchev–Trinajstić information content (AvgIpc) is 2.22. The molecule has 5 nitrogen and oxygen atoms in total. The third-order valence-corrected chi connectivity index (χ3v) is 3.36. The minimum absolute atomic E-state index is 0.0620. The van der Waals surface area contributed by atoms with Gasteiger partial charge in [-0.15, -0.1) is 0 Å². The molecule has 0 aliphatic heterocycles. The summed E-state index contributed by atoms with van der Waals surface area (Å²) in [4.78, 5) is 0. The molecule has 0 saturated heterocycles.